The monoisotopic (exact) mass is 188 g/mol. The Morgan fingerprint density at radius 1 is 1.14 bits per heavy atom. The van der Waals surface area contributed by atoms with Gasteiger partial charge >= 0.3 is 0 Å². The molecular formula is C13H16O. The molecule has 0 saturated heterocycles. The predicted molar refractivity (Wildman–Crippen MR) is 58.2 cm³/mol. The fourth-order valence-corrected chi connectivity index (χ4v) is 2.07. The average molecular weight is 188 g/mol. The van der Waals surface area contributed by atoms with E-state index in [0.717, 1.165) is 19.3 Å². The Hall–Kier alpha value is -1.08. The molecule has 2 rings (SSSR count). The summed E-state index contributed by atoms with van der Waals surface area (Å²) in [5, 5.41) is 9.63. The molecule has 1 heteroatoms. The molecule has 1 N–H and O–H groups in total. The lowest BCUT2D eigenvalue weighted by atomic mass is 9.91. The fraction of sp³-hybridized carbons (Fsp3) is 0.385. The standard InChI is InChI=1S/C13H16O/c14-13-9-5-4-8-12(10-13)11-6-2-1-3-7-11/h1-3,5-7,9,12-14H,4,8,10H2/t12-,13+/m1/s1. The van der Waals surface area contributed by atoms with Crippen LogP contribution in [0, 0.1) is 0 Å². The predicted octanol–water partition coefficient (Wildman–Crippen LogP) is 2.87. The Labute approximate surface area is 85.1 Å². The number of hydrogen-bond acceptors (Lipinski definition) is 1. The summed E-state index contributed by atoms with van der Waals surface area (Å²) >= 11 is 0. The lowest BCUT2D eigenvalue weighted by molar-refractivity contribution is 0.203. The van der Waals surface area contributed by atoms with Crippen molar-refractivity contribution in [3.05, 3.63) is 48.0 Å². The minimum atomic E-state index is -0.261. The van der Waals surface area contributed by atoms with Crippen molar-refractivity contribution in [1.29, 1.82) is 0 Å². The second-order valence-corrected chi connectivity index (χ2v) is 3.92. The summed E-state index contributed by atoms with van der Waals surface area (Å²) in [7, 11) is 0. The maximum absolute atomic E-state index is 9.63. The third-order valence-electron chi connectivity index (χ3n) is 2.84. The molecule has 1 nitrogen and oxygen atoms in total. The fourth-order valence-electron chi connectivity index (χ4n) is 2.07. The van der Waals surface area contributed by atoms with Crippen LogP contribution in [0.2, 0.25) is 0 Å². The second kappa shape index (κ2) is 4.43. The lowest BCUT2D eigenvalue weighted by Crippen LogP contribution is -2.07. The van der Waals surface area contributed by atoms with Crippen molar-refractivity contribution < 1.29 is 5.11 Å². The van der Waals surface area contributed by atoms with Crippen LogP contribution < -0.4 is 0 Å². The molecule has 0 saturated carbocycles. The van der Waals surface area contributed by atoms with Crippen molar-refractivity contribution in [1.82, 2.24) is 0 Å². The van der Waals surface area contributed by atoms with Gasteiger partial charge in [0.1, 0.15) is 0 Å². The lowest BCUT2D eigenvalue weighted by Gasteiger charge is -2.16. The highest BCUT2D eigenvalue weighted by atomic mass is 16.3. The smallest absolute Gasteiger partial charge is 0.0726 e. The maximum atomic E-state index is 9.63. The van der Waals surface area contributed by atoms with Crippen LogP contribution in [0.25, 0.3) is 0 Å². The highest BCUT2D eigenvalue weighted by molar-refractivity contribution is 5.20. The van der Waals surface area contributed by atoms with E-state index in [1.807, 2.05) is 12.1 Å². The van der Waals surface area contributed by atoms with Gasteiger partial charge in [0, 0.05) is 0 Å². The number of allylic oxidation sites excluding steroid dienone is 1. The van der Waals surface area contributed by atoms with Crippen LogP contribution in [0.3, 0.4) is 0 Å². The zero-order valence-electron chi connectivity index (χ0n) is 8.26. The van der Waals surface area contributed by atoms with E-state index in [2.05, 4.69) is 30.3 Å². The van der Waals surface area contributed by atoms with Crippen molar-refractivity contribution in [2.24, 2.45) is 0 Å². The normalized spacial score (nSPS) is 27.2. The van der Waals surface area contributed by atoms with E-state index >= 15 is 0 Å². The van der Waals surface area contributed by atoms with Crippen LogP contribution >= 0.6 is 0 Å². The number of benzene rings is 1. The van der Waals surface area contributed by atoms with Gasteiger partial charge in [-0.15, -0.1) is 0 Å². The number of hydrogen-bond donors (Lipinski definition) is 1. The third kappa shape index (κ3) is 2.24. The number of rotatable bonds is 1. The Balaban J connectivity index is 2.12. The first-order chi connectivity index (χ1) is 6.86. The van der Waals surface area contributed by atoms with E-state index in [0.29, 0.717) is 5.92 Å². The molecular weight excluding hydrogens is 172 g/mol. The largest absolute Gasteiger partial charge is 0.389 e. The summed E-state index contributed by atoms with van der Waals surface area (Å²) < 4.78 is 0. The SMILES string of the molecule is O[C@H]1C=CCC[C@@H](c2ccccc2)C1. The highest BCUT2D eigenvalue weighted by Crippen LogP contribution is 2.28. The molecule has 74 valence electrons. The molecule has 0 heterocycles. The Morgan fingerprint density at radius 2 is 1.93 bits per heavy atom. The second-order valence-electron chi connectivity index (χ2n) is 3.92. The summed E-state index contributed by atoms with van der Waals surface area (Å²) in [6.45, 7) is 0. The van der Waals surface area contributed by atoms with Gasteiger partial charge in [0.15, 0.2) is 0 Å². The molecule has 0 spiro atoms. The van der Waals surface area contributed by atoms with Crippen molar-refractivity contribution in [2.75, 3.05) is 0 Å². The van der Waals surface area contributed by atoms with Crippen LogP contribution in [0.4, 0.5) is 0 Å². The molecule has 14 heavy (non-hydrogen) atoms. The Morgan fingerprint density at radius 3 is 2.71 bits per heavy atom. The first-order valence-electron chi connectivity index (χ1n) is 5.26. The molecule has 1 aliphatic carbocycles. The molecule has 1 aromatic rings. The summed E-state index contributed by atoms with van der Waals surface area (Å²) in [6, 6.07) is 10.5. The Bertz CT molecular complexity index is 302. The van der Waals surface area contributed by atoms with E-state index < -0.39 is 0 Å². The van der Waals surface area contributed by atoms with E-state index in [-0.39, 0.29) is 6.10 Å². The number of aliphatic hydroxyl groups excluding tert-OH is 1. The van der Waals surface area contributed by atoms with Crippen molar-refractivity contribution in [3.63, 3.8) is 0 Å². The molecule has 1 aliphatic rings. The average Bonchev–Trinajstić information content (AvgIpc) is 2.44. The molecule has 0 radical (unpaired) electrons. The van der Waals surface area contributed by atoms with Gasteiger partial charge < -0.3 is 5.11 Å². The van der Waals surface area contributed by atoms with E-state index in [4.69, 9.17) is 0 Å². The van der Waals surface area contributed by atoms with Crippen LogP contribution in [0.1, 0.15) is 30.7 Å². The summed E-state index contributed by atoms with van der Waals surface area (Å²) in [5.41, 5.74) is 1.36. The third-order valence-corrected chi connectivity index (χ3v) is 2.84. The van der Waals surface area contributed by atoms with Gasteiger partial charge in [-0.3, -0.25) is 0 Å². The van der Waals surface area contributed by atoms with Crippen molar-refractivity contribution >= 4 is 0 Å². The van der Waals surface area contributed by atoms with Gasteiger partial charge in [-0.2, -0.15) is 0 Å². The van der Waals surface area contributed by atoms with E-state index in [9.17, 15) is 5.11 Å². The van der Waals surface area contributed by atoms with Crippen LogP contribution in [0.5, 0.6) is 0 Å². The molecule has 0 bridgehead atoms. The summed E-state index contributed by atoms with van der Waals surface area (Å²) in [5.74, 6) is 0.515. The molecule has 0 aromatic heterocycles. The zero-order valence-corrected chi connectivity index (χ0v) is 8.26. The van der Waals surface area contributed by atoms with Gasteiger partial charge in [0.25, 0.3) is 0 Å². The van der Waals surface area contributed by atoms with Crippen LogP contribution in [-0.2, 0) is 0 Å². The quantitative estimate of drug-likeness (QED) is 0.672. The first kappa shape index (κ1) is 9.47. The van der Waals surface area contributed by atoms with Crippen LogP contribution in [0.15, 0.2) is 42.5 Å². The first-order valence-corrected chi connectivity index (χ1v) is 5.26. The van der Waals surface area contributed by atoms with Crippen molar-refractivity contribution in [2.45, 2.75) is 31.3 Å². The van der Waals surface area contributed by atoms with Gasteiger partial charge in [-0.05, 0) is 30.7 Å². The van der Waals surface area contributed by atoms with Gasteiger partial charge in [-0.25, -0.2) is 0 Å². The molecule has 0 amide bonds. The highest BCUT2D eigenvalue weighted by Gasteiger charge is 2.16. The maximum Gasteiger partial charge on any atom is 0.0726 e. The topological polar surface area (TPSA) is 20.2 Å². The van der Waals surface area contributed by atoms with Gasteiger partial charge in [-0.1, -0.05) is 42.5 Å². The molecule has 2 atom stereocenters. The van der Waals surface area contributed by atoms with Gasteiger partial charge in [0.2, 0.25) is 0 Å². The summed E-state index contributed by atoms with van der Waals surface area (Å²) in [6.07, 6.45) is 6.84. The molecule has 0 fully saturated rings. The van der Waals surface area contributed by atoms with Gasteiger partial charge in [0.05, 0.1) is 6.10 Å². The molecule has 0 unspecified atom stereocenters. The zero-order chi connectivity index (χ0) is 9.80. The minimum absolute atomic E-state index is 0.261. The van der Waals surface area contributed by atoms with Crippen molar-refractivity contribution in [3.8, 4) is 0 Å². The number of aliphatic hydroxyl groups is 1. The Kier molecular flexibility index (Phi) is 3.00. The summed E-state index contributed by atoms with van der Waals surface area (Å²) in [4.78, 5) is 0. The van der Waals surface area contributed by atoms with Crippen LogP contribution in [-0.4, -0.2) is 11.2 Å². The molecule has 0 aliphatic heterocycles. The van der Waals surface area contributed by atoms with E-state index in [1.54, 1.807) is 0 Å². The molecule has 1 aromatic carbocycles. The minimum Gasteiger partial charge on any atom is -0.389 e. The van der Waals surface area contributed by atoms with E-state index in [1.165, 1.54) is 5.56 Å².